The normalized spacial score (nSPS) is 15.7. The average molecular weight is 431 g/mol. The fourth-order valence-electron chi connectivity index (χ4n) is 3.11. The molecule has 0 bridgehead atoms. The van der Waals surface area contributed by atoms with Crippen molar-refractivity contribution in [2.24, 2.45) is 4.99 Å². The van der Waals surface area contributed by atoms with E-state index in [2.05, 4.69) is 64.8 Å². The molecule has 2 aromatic rings. The molecular weight excluding hydrogens is 404 g/mol. The van der Waals surface area contributed by atoms with Gasteiger partial charge in [0.2, 0.25) is 0 Å². The minimum absolute atomic E-state index is 0.382. The van der Waals surface area contributed by atoms with Gasteiger partial charge in [0.05, 0.1) is 31.8 Å². The van der Waals surface area contributed by atoms with Gasteiger partial charge in [-0.15, -0.1) is 0 Å². The number of halogens is 1. The van der Waals surface area contributed by atoms with Crippen LogP contribution in [0, 0.1) is 13.8 Å². The zero-order valence-electron chi connectivity index (χ0n) is 16.5. The Balaban J connectivity index is 1.83. The molecule has 0 spiro atoms. The van der Waals surface area contributed by atoms with Gasteiger partial charge in [-0.2, -0.15) is 0 Å². The highest BCUT2D eigenvalue weighted by atomic mass is 79.9. The molecule has 144 valence electrons. The van der Waals surface area contributed by atoms with E-state index < -0.39 is 0 Å². The van der Waals surface area contributed by atoms with Gasteiger partial charge >= 0.3 is 0 Å². The maximum Gasteiger partial charge on any atom is 0.140 e. The minimum atomic E-state index is -0.382. The van der Waals surface area contributed by atoms with Crippen molar-refractivity contribution < 1.29 is 9.47 Å². The molecule has 1 fully saturated rings. The lowest BCUT2D eigenvalue weighted by Gasteiger charge is -2.42. The van der Waals surface area contributed by atoms with Gasteiger partial charge in [0.1, 0.15) is 5.60 Å². The lowest BCUT2D eigenvalue weighted by molar-refractivity contribution is -0.223. The van der Waals surface area contributed by atoms with Crippen LogP contribution in [-0.4, -0.2) is 38.0 Å². The first-order valence-electron chi connectivity index (χ1n) is 9.26. The van der Waals surface area contributed by atoms with Gasteiger partial charge in [-0.25, -0.2) is 4.99 Å². The maximum absolute atomic E-state index is 6.41. The Morgan fingerprint density at radius 2 is 1.96 bits per heavy atom. The summed E-state index contributed by atoms with van der Waals surface area (Å²) >= 11 is 3.60. The summed E-state index contributed by atoms with van der Waals surface area (Å²) in [5.41, 5.74) is 5.28. The molecule has 1 aliphatic rings. The van der Waals surface area contributed by atoms with E-state index in [0.29, 0.717) is 19.8 Å². The quantitative estimate of drug-likeness (QED) is 0.451. The summed E-state index contributed by atoms with van der Waals surface area (Å²) in [6.07, 6.45) is 1.88. The van der Waals surface area contributed by atoms with Crippen molar-refractivity contribution in [1.82, 2.24) is 4.90 Å². The van der Waals surface area contributed by atoms with Crippen LogP contribution in [0.2, 0.25) is 0 Å². The molecule has 0 amide bonds. The van der Waals surface area contributed by atoms with E-state index >= 15 is 0 Å². The summed E-state index contributed by atoms with van der Waals surface area (Å²) in [4.78, 5) is 6.69. The fraction of sp³-hybridized carbons (Fsp3) is 0.409. The van der Waals surface area contributed by atoms with Gasteiger partial charge < -0.3 is 14.4 Å². The van der Waals surface area contributed by atoms with Crippen LogP contribution in [0.5, 0.6) is 0 Å². The summed E-state index contributed by atoms with van der Waals surface area (Å²) in [7, 11) is 2.02. The van der Waals surface area contributed by atoms with E-state index in [0.717, 1.165) is 27.8 Å². The molecule has 0 radical (unpaired) electrons. The van der Waals surface area contributed by atoms with Gasteiger partial charge in [0.25, 0.3) is 0 Å². The van der Waals surface area contributed by atoms with Crippen molar-refractivity contribution in [3.8, 4) is 0 Å². The molecule has 0 saturated carbocycles. The van der Waals surface area contributed by atoms with Gasteiger partial charge in [-0.05, 0) is 55.2 Å². The fourth-order valence-corrected chi connectivity index (χ4v) is 3.51. The van der Waals surface area contributed by atoms with E-state index in [9.17, 15) is 0 Å². The predicted octanol–water partition coefficient (Wildman–Crippen LogP) is 5.12. The second-order valence-corrected chi connectivity index (χ2v) is 7.99. The highest BCUT2D eigenvalue weighted by Gasteiger charge is 2.43. The molecule has 0 aromatic heterocycles. The lowest BCUT2D eigenvalue weighted by atomic mass is 9.86. The number of aliphatic imine (C=N–C) groups is 1. The minimum Gasteiger partial charge on any atom is -0.375 e. The number of ether oxygens (including phenoxy) is 2. The van der Waals surface area contributed by atoms with Crippen LogP contribution in [0.15, 0.2) is 45.9 Å². The number of benzene rings is 2. The predicted molar refractivity (Wildman–Crippen MR) is 114 cm³/mol. The first-order chi connectivity index (χ1) is 12.9. The maximum atomic E-state index is 6.41. The molecule has 1 aliphatic heterocycles. The molecular formula is C22H27BrN2O2. The number of nitrogens with zero attached hydrogens (tertiary/aromatic N) is 2. The first kappa shape index (κ1) is 20.1. The SMILES string of the molecule is CCN(C)C=Nc1cc(C)c(C2(OCc3ccccc3Br)COC2)cc1C. The van der Waals surface area contributed by atoms with E-state index in [1.165, 1.54) is 11.1 Å². The van der Waals surface area contributed by atoms with Crippen molar-refractivity contribution in [2.75, 3.05) is 26.8 Å². The number of aryl methyl sites for hydroxylation is 2. The van der Waals surface area contributed by atoms with Crippen LogP contribution >= 0.6 is 15.9 Å². The Bertz CT molecular complexity index is 831. The van der Waals surface area contributed by atoms with Crippen molar-refractivity contribution in [3.63, 3.8) is 0 Å². The van der Waals surface area contributed by atoms with Crippen LogP contribution in [0.4, 0.5) is 5.69 Å². The second-order valence-electron chi connectivity index (χ2n) is 7.14. The molecule has 4 nitrogen and oxygen atoms in total. The van der Waals surface area contributed by atoms with E-state index in [1.807, 2.05) is 31.6 Å². The monoisotopic (exact) mass is 430 g/mol. The third-order valence-electron chi connectivity index (χ3n) is 5.06. The average Bonchev–Trinajstić information content (AvgIpc) is 2.63. The molecule has 1 heterocycles. The molecule has 5 heteroatoms. The Hall–Kier alpha value is -1.69. The highest BCUT2D eigenvalue weighted by molar-refractivity contribution is 9.10. The van der Waals surface area contributed by atoms with E-state index in [1.54, 1.807) is 0 Å². The van der Waals surface area contributed by atoms with Crippen molar-refractivity contribution in [2.45, 2.75) is 33.0 Å². The molecule has 0 aliphatic carbocycles. The highest BCUT2D eigenvalue weighted by Crippen LogP contribution is 2.39. The molecule has 3 rings (SSSR count). The Labute approximate surface area is 170 Å². The Morgan fingerprint density at radius 1 is 1.22 bits per heavy atom. The first-order valence-corrected chi connectivity index (χ1v) is 10.1. The zero-order valence-corrected chi connectivity index (χ0v) is 18.0. The molecule has 0 unspecified atom stereocenters. The van der Waals surface area contributed by atoms with Gasteiger partial charge in [0, 0.05) is 18.1 Å². The molecule has 27 heavy (non-hydrogen) atoms. The van der Waals surface area contributed by atoms with Crippen molar-refractivity contribution in [1.29, 1.82) is 0 Å². The molecule has 0 N–H and O–H groups in total. The van der Waals surface area contributed by atoms with E-state index in [-0.39, 0.29) is 5.60 Å². The topological polar surface area (TPSA) is 34.1 Å². The van der Waals surface area contributed by atoms with Crippen LogP contribution in [0.3, 0.4) is 0 Å². The second kappa shape index (κ2) is 8.55. The third-order valence-corrected chi connectivity index (χ3v) is 5.83. The van der Waals surface area contributed by atoms with Crippen LogP contribution < -0.4 is 0 Å². The molecule has 1 saturated heterocycles. The summed E-state index contributed by atoms with van der Waals surface area (Å²) in [6, 6.07) is 12.5. The molecule has 2 aromatic carbocycles. The Morgan fingerprint density at radius 3 is 2.59 bits per heavy atom. The summed E-state index contributed by atoms with van der Waals surface area (Å²) in [5, 5.41) is 0. The largest absolute Gasteiger partial charge is 0.375 e. The smallest absolute Gasteiger partial charge is 0.140 e. The lowest BCUT2D eigenvalue weighted by Crippen LogP contribution is -2.49. The number of rotatable bonds is 7. The Kier molecular flexibility index (Phi) is 6.35. The van der Waals surface area contributed by atoms with Gasteiger partial charge in [-0.1, -0.05) is 40.2 Å². The van der Waals surface area contributed by atoms with Crippen LogP contribution in [0.1, 0.15) is 29.2 Å². The zero-order chi connectivity index (χ0) is 19.4. The van der Waals surface area contributed by atoms with Crippen molar-refractivity contribution in [3.05, 3.63) is 63.1 Å². The van der Waals surface area contributed by atoms with Crippen LogP contribution in [-0.2, 0) is 21.7 Å². The number of hydrogen-bond acceptors (Lipinski definition) is 3. The summed E-state index contributed by atoms with van der Waals surface area (Å²) in [6.45, 7) is 8.98. The van der Waals surface area contributed by atoms with Crippen molar-refractivity contribution >= 4 is 28.0 Å². The van der Waals surface area contributed by atoms with Gasteiger partial charge in [0.15, 0.2) is 0 Å². The van der Waals surface area contributed by atoms with E-state index in [4.69, 9.17) is 9.47 Å². The standard InChI is InChI=1S/C22H27BrN2O2/c1-5-25(4)15-24-21-11-16(2)19(10-17(21)3)22(13-26-14-22)27-12-18-8-6-7-9-20(18)23/h6-11,15H,5,12-14H2,1-4H3. The summed E-state index contributed by atoms with van der Waals surface area (Å²) in [5.74, 6) is 0. The van der Waals surface area contributed by atoms with Gasteiger partial charge in [-0.3, -0.25) is 0 Å². The third kappa shape index (κ3) is 4.42. The van der Waals surface area contributed by atoms with Crippen LogP contribution in [0.25, 0.3) is 0 Å². The summed E-state index contributed by atoms with van der Waals surface area (Å²) < 4.78 is 13.0. The number of hydrogen-bond donors (Lipinski definition) is 0. The molecule has 0 atom stereocenters.